The third-order valence-corrected chi connectivity index (χ3v) is 10.8. The van der Waals surface area contributed by atoms with Crippen molar-refractivity contribution in [3.63, 3.8) is 0 Å². The second-order valence-corrected chi connectivity index (χ2v) is 11.9. The van der Waals surface area contributed by atoms with E-state index in [1.807, 2.05) is 30.3 Å². The highest BCUT2D eigenvalue weighted by Crippen LogP contribution is 2.56. The zero-order valence-corrected chi connectivity index (χ0v) is 19.0. The Kier molecular flexibility index (Phi) is 2.83. The first kappa shape index (κ1) is 17.4. The van der Waals surface area contributed by atoms with E-state index in [9.17, 15) is 0 Å². The maximum absolute atomic E-state index is 15.8. The van der Waals surface area contributed by atoms with Gasteiger partial charge in [-0.25, -0.2) is 0 Å². The zero-order valence-electron chi connectivity index (χ0n) is 18.1. The summed E-state index contributed by atoms with van der Waals surface area (Å²) >= 11 is 0. The van der Waals surface area contributed by atoms with Crippen LogP contribution in [0.3, 0.4) is 0 Å². The number of rotatable bonds is 1. The molecule has 34 heavy (non-hydrogen) atoms. The average Bonchev–Trinajstić information content (AvgIpc) is 3.51. The molecule has 0 N–H and O–H groups in total. The number of benzene rings is 5. The molecule has 0 saturated carbocycles. The summed E-state index contributed by atoms with van der Waals surface area (Å²) in [6, 6.07) is 35.9. The maximum atomic E-state index is 15.8. The van der Waals surface area contributed by atoms with E-state index in [4.69, 9.17) is 0 Å². The monoisotopic (exact) mass is 452 g/mol. The van der Waals surface area contributed by atoms with Gasteiger partial charge in [-0.15, -0.1) is 0 Å². The summed E-state index contributed by atoms with van der Waals surface area (Å²) in [5, 5.41) is 8.94. The van der Waals surface area contributed by atoms with Crippen molar-refractivity contribution >= 4 is 77.8 Å². The number of aromatic nitrogens is 2. The Morgan fingerprint density at radius 2 is 1.06 bits per heavy atom. The molecule has 1 atom stereocenters. The fourth-order valence-electron chi connectivity index (χ4n) is 6.53. The smallest absolute Gasteiger partial charge is 0.236 e. The summed E-state index contributed by atoms with van der Waals surface area (Å²) in [6.07, 6.45) is 0. The van der Waals surface area contributed by atoms with Crippen molar-refractivity contribution in [2.75, 3.05) is 0 Å². The van der Waals surface area contributed by atoms with Crippen molar-refractivity contribution in [3.8, 4) is 0 Å². The second kappa shape index (κ2) is 5.52. The highest BCUT2D eigenvalue weighted by Gasteiger charge is 2.39. The van der Waals surface area contributed by atoms with Gasteiger partial charge < -0.3 is 4.40 Å². The molecule has 0 bridgehead atoms. The number of hydrogen-bond acceptors (Lipinski definition) is 1. The van der Waals surface area contributed by atoms with Gasteiger partial charge in [-0.1, -0.05) is 78.9 Å². The van der Waals surface area contributed by atoms with Crippen LogP contribution in [0.4, 0.5) is 0 Å². The Morgan fingerprint density at radius 3 is 1.85 bits per heavy atom. The SMILES string of the molecule is O=P1(c2ccccc2)c2cccc3c4cccc5c6ccc7c8ccccc8n1c7c6n(c23)c45. The van der Waals surface area contributed by atoms with Gasteiger partial charge >= 0.3 is 0 Å². The lowest BCUT2D eigenvalue weighted by Crippen LogP contribution is -2.21. The minimum atomic E-state index is -3.26. The summed E-state index contributed by atoms with van der Waals surface area (Å²) in [5.41, 5.74) is 5.56. The summed E-state index contributed by atoms with van der Waals surface area (Å²) in [4.78, 5) is 0. The molecule has 0 spiro atoms. The molecular weight excluding hydrogens is 435 g/mol. The Bertz CT molecular complexity index is 2200. The standard InChI is InChI=1S/C30H17N2OP/c33-34(18-8-2-1-3-9-18)26-15-7-13-22-20-11-6-12-21-24-17-16-23-19-10-4-5-14-25(19)32(34)30(23)29(24)31(27(20)21)28(22)26/h1-17H. The van der Waals surface area contributed by atoms with E-state index >= 15 is 4.57 Å². The number of nitrogens with zero attached hydrogens (tertiary/aromatic N) is 2. The van der Waals surface area contributed by atoms with Gasteiger partial charge in [-0.3, -0.25) is 8.90 Å². The molecule has 3 aromatic heterocycles. The Hall–Kier alpha value is -4.07. The first-order valence-corrected chi connectivity index (χ1v) is 13.2. The number of para-hydroxylation sites is 3. The van der Waals surface area contributed by atoms with Gasteiger partial charge in [-0.2, -0.15) is 0 Å². The molecule has 8 aromatic rings. The first-order valence-electron chi connectivity index (χ1n) is 11.6. The first-order chi connectivity index (χ1) is 16.8. The predicted molar refractivity (Wildman–Crippen MR) is 143 cm³/mol. The summed E-state index contributed by atoms with van der Waals surface area (Å²) < 4.78 is 20.4. The van der Waals surface area contributed by atoms with E-state index in [0.717, 1.165) is 43.4 Å². The molecular formula is C30H17N2OP. The number of hydrogen-bond donors (Lipinski definition) is 0. The third-order valence-electron chi connectivity index (χ3n) is 7.80. The molecule has 0 aliphatic carbocycles. The van der Waals surface area contributed by atoms with E-state index in [1.165, 1.54) is 27.1 Å². The van der Waals surface area contributed by atoms with Gasteiger partial charge in [0.25, 0.3) is 0 Å². The second-order valence-electron chi connectivity index (χ2n) is 9.31. The van der Waals surface area contributed by atoms with Gasteiger partial charge in [0.05, 0.1) is 32.9 Å². The van der Waals surface area contributed by atoms with Gasteiger partial charge in [0, 0.05) is 37.6 Å². The highest BCUT2D eigenvalue weighted by molar-refractivity contribution is 7.78. The predicted octanol–water partition coefficient (Wildman–Crippen LogP) is 7.04. The van der Waals surface area contributed by atoms with Gasteiger partial charge in [0.2, 0.25) is 7.29 Å². The number of fused-ring (bicyclic) bond motifs is 5. The molecule has 1 unspecified atom stereocenters. The van der Waals surface area contributed by atoms with E-state index < -0.39 is 7.29 Å². The summed E-state index contributed by atoms with van der Waals surface area (Å²) in [5.74, 6) is 0. The normalized spacial score (nSPS) is 17.6. The minimum Gasteiger partial charge on any atom is -0.305 e. The van der Waals surface area contributed by atoms with Crippen LogP contribution in [0.5, 0.6) is 0 Å². The molecule has 9 rings (SSSR count). The molecule has 0 fully saturated rings. The van der Waals surface area contributed by atoms with Crippen molar-refractivity contribution in [2.45, 2.75) is 0 Å². The topological polar surface area (TPSA) is 26.4 Å². The van der Waals surface area contributed by atoms with Crippen LogP contribution in [0.25, 0.3) is 59.9 Å². The third kappa shape index (κ3) is 1.68. The Morgan fingerprint density at radius 1 is 0.471 bits per heavy atom. The van der Waals surface area contributed by atoms with Gasteiger partial charge in [0.1, 0.15) is 0 Å². The lowest BCUT2D eigenvalue weighted by Gasteiger charge is -2.22. The molecule has 1 aliphatic rings. The van der Waals surface area contributed by atoms with E-state index in [1.54, 1.807) is 0 Å². The van der Waals surface area contributed by atoms with Crippen LogP contribution < -0.4 is 10.6 Å². The average molecular weight is 452 g/mol. The van der Waals surface area contributed by atoms with Crippen LogP contribution in [0.1, 0.15) is 0 Å². The molecule has 1 aliphatic heterocycles. The van der Waals surface area contributed by atoms with E-state index in [0.29, 0.717) is 0 Å². The molecule has 158 valence electrons. The van der Waals surface area contributed by atoms with Crippen LogP contribution in [0.15, 0.2) is 103 Å². The minimum absolute atomic E-state index is 0.862. The van der Waals surface area contributed by atoms with Crippen LogP contribution in [-0.2, 0) is 4.57 Å². The fraction of sp³-hybridized carbons (Fsp3) is 0. The van der Waals surface area contributed by atoms with Crippen molar-refractivity contribution < 1.29 is 4.57 Å². The maximum Gasteiger partial charge on any atom is 0.236 e. The van der Waals surface area contributed by atoms with Gasteiger partial charge in [-0.05, 0) is 24.3 Å². The van der Waals surface area contributed by atoms with Crippen molar-refractivity contribution in [2.24, 2.45) is 0 Å². The molecule has 0 saturated heterocycles. The van der Waals surface area contributed by atoms with Crippen LogP contribution in [0, 0.1) is 0 Å². The van der Waals surface area contributed by atoms with E-state index in [-0.39, 0.29) is 0 Å². The Balaban J connectivity index is 1.75. The summed E-state index contributed by atoms with van der Waals surface area (Å²) in [6.45, 7) is 0. The molecule has 4 heterocycles. The van der Waals surface area contributed by atoms with Crippen LogP contribution >= 0.6 is 7.29 Å². The molecule has 5 aromatic carbocycles. The fourth-order valence-corrected chi connectivity index (χ4v) is 9.59. The zero-order chi connectivity index (χ0) is 22.2. The van der Waals surface area contributed by atoms with Crippen molar-refractivity contribution in [3.05, 3.63) is 103 Å². The molecule has 3 nitrogen and oxygen atoms in total. The molecule has 0 amide bonds. The molecule has 4 heteroatoms. The highest BCUT2D eigenvalue weighted by atomic mass is 31.2. The molecule has 0 radical (unpaired) electrons. The lowest BCUT2D eigenvalue weighted by atomic mass is 10.1. The quantitative estimate of drug-likeness (QED) is 0.246. The van der Waals surface area contributed by atoms with Crippen molar-refractivity contribution in [1.82, 2.24) is 8.74 Å². The van der Waals surface area contributed by atoms with E-state index in [2.05, 4.69) is 81.5 Å². The van der Waals surface area contributed by atoms with Crippen LogP contribution in [-0.4, -0.2) is 8.74 Å². The largest absolute Gasteiger partial charge is 0.305 e. The van der Waals surface area contributed by atoms with Crippen molar-refractivity contribution in [1.29, 1.82) is 0 Å². The van der Waals surface area contributed by atoms with Gasteiger partial charge in [0.15, 0.2) is 0 Å². The Labute approximate surface area is 194 Å². The lowest BCUT2D eigenvalue weighted by molar-refractivity contribution is 0.584. The summed E-state index contributed by atoms with van der Waals surface area (Å²) in [7, 11) is -3.26. The van der Waals surface area contributed by atoms with Crippen LogP contribution in [0.2, 0.25) is 0 Å².